The molecule has 0 unspecified atom stereocenters. The Morgan fingerprint density at radius 2 is 1.86 bits per heavy atom. The standard InChI is InChI=1S/C15H22ClFN2.2ClH/c1-11(2)9-15(19-7-5-18-6-8-19)13-4-3-12(16)10-14(13)17;;/h3-4,10-11,15,18H,5-9H2,1-2H3;2*1H/t15-;;/m1../s1. The summed E-state index contributed by atoms with van der Waals surface area (Å²) in [5.41, 5.74) is 0.778. The quantitative estimate of drug-likeness (QED) is 0.863. The molecule has 2 nitrogen and oxygen atoms in total. The van der Waals surface area contributed by atoms with Crippen LogP contribution >= 0.6 is 36.4 Å². The van der Waals surface area contributed by atoms with Crippen LogP contribution in [0.2, 0.25) is 5.02 Å². The van der Waals surface area contributed by atoms with Crippen LogP contribution in [0.1, 0.15) is 31.9 Å². The number of nitrogens with one attached hydrogen (secondary N) is 1. The summed E-state index contributed by atoms with van der Waals surface area (Å²) in [6, 6.07) is 5.20. The molecule has 1 aromatic rings. The van der Waals surface area contributed by atoms with Crippen LogP contribution in [0.15, 0.2) is 18.2 Å². The summed E-state index contributed by atoms with van der Waals surface area (Å²) in [5, 5.41) is 3.80. The summed E-state index contributed by atoms with van der Waals surface area (Å²) < 4.78 is 14.2. The zero-order valence-electron chi connectivity index (χ0n) is 12.4. The largest absolute Gasteiger partial charge is 0.314 e. The lowest BCUT2D eigenvalue weighted by molar-refractivity contribution is 0.151. The van der Waals surface area contributed by atoms with Crippen molar-refractivity contribution in [2.45, 2.75) is 26.3 Å². The van der Waals surface area contributed by atoms with Crippen LogP contribution in [0.4, 0.5) is 4.39 Å². The van der Waals surface area contributed by atoms with Crippen molar-refractivity contribution in [1.82, 2.24) is 10.2 Å². The molecule has 122 valence electrons. The third-order valence-corrected chi connectivity index (χ3v) is 3.84. The van der Waals surface area contributed by atoms with E-state index in [1.165, 1.54) is 6.07 Å². The fourth-order valence-electron chi connectivity index (χ4n) is 2.68. The summed E-state index contributed by atoms with van der Waals surface area (Å²) in [7, 11) is 0. The molecule has 1 aromatic carbocycles. The maximum atomic E-state index is 14.2. The van der Waals surface area contributed by atoms with Crippen LogP contribution in [-0.2, 0) is 0 Å². The van der Waals surface area contributed by atoms with Gasteiger partial charge in [-0.2, -0.15) is 0 Å². The average molecular weight is 358 g/mol. The molecule has 1 atom stereocenters. The van der Waals surface area contributed by atoms with E-state index in [4.69, 9.17) is 11.6 Å². The van der Waals surface area contributed by atoms with Gasteiger partial charge in [-0.15, -0.1) is 24.8 Å². The van der Waals surface area contributed by atoms with Gasteiger partial charge in [0.05, 0.1) is 0 Å². The second-order valence-corrected chi connectivity index (χ2v) is 6.03. The molecule has 1 fully saturated rings. The number of nitrogens with zero attached hydrogens (tertiary/aromatic N) is 1. The van der Waals surface area contributed by atoms with Gasteiger partial charge in [-0.05, 0) is 24.5 Å². The second-order valence-electron chi connectivity index (χ2n) is 5.60. The van der Waals surface area contributed by atoms with E-state index in [0.29, 0.717) is 10.9 Å². The third-order valence-electron chi connectivity index (χ3n) is 3.61. The van der Waals surface area contributed by atoms with E-state index in [-0.39, 0.29) is 36.7 Å². The Hall–Kier alpha value is -0.0600. The molecule has 21 heavy (non-hydrogen) atoms. The number of rotatable bonds is 4. The minimum Gasteiger partial charge on any atom is -0.314 e. The Kier molecular flexibility index (Phi) is 9.83. The van der Waals surface area contributed by atoms with Crippen molar-refractivity contribution in [2.24, 2.45) is 5.92 Å². The zero-order chi connectivity index (χ0) is 13.8. The third kappa shape index (κ3) is 5.91. The summed E-state index contributed by atoms with van der Waals surface area (Å²) >= 11 is 5.85. The van der Waals surface area contributed by atoms with Gasteiger partial charge >= 0.3 is 0 Å². The average Bonchev–Trinajstić information content (AvgIpc) is 2.37. The van der Waals surface area contributed by atoms with Gasteiger partial charge in [0.25, 0.3) is 0 Å². The van der Waals surface area contributed by atoms with Crippen LogP contribution in [0, 0.1) is 11.7 Å². The zero-order valence-corrected chi connectivity index (χ0v) is 14.8. The molecule has 0 amide bonds. The van der Waals surface area contributed by atoms with Crippen LogP contribution < -0.4 is 5.32 Å². The van der Waals surface area contributed by atoms with Crippen molar-refractivity contribution in [3.05, 3.63) is 34.6 Å². The van der Waals surface area contributed by atoms with Gasteiger partial charge in [0.1, 0.15) is 5.82 Å². The van der Waals surface area contributed by atoms with Crippen LogP contribution in [0.5, 0.6) is 0 Å². The Bertz CT molecular complexity index is 423. The minimum absolute atomic E-state index is 0. The number of benzene rings is 1. The molecule has 1 heterocycles. The maximum Gasteiger partial charge on any atom is 0.129 e. The van der Waals surface area contributed by atoms with Crippen molar-refractivity contribution in [2.75, 3.05) is 26.2 Å². The van der Waals surface area contributed by atoms with E-state index in [2.05, 4.69) is 24.1 Å². The lowest BCUT2D eigenvalue weighted by Crippen LogP contribution is -2.45. The predicted octanol–water partition coefficient (Wildman–Crippen LogP) is 4.32. The molecule has 0 spiro atoms. The summed E-state index contributed by atoms with van der Waals surface area (Å²) in [4.78, 5) is 2.38. The SMILES string of the molecule is CC(C)C[C@H](c1ccc(Cl)cc1F)N1CCNCC1.Cl.Cl. The van der Waals surface area contributed by atoms with Crippen molar-refractivity contribution in [3.8, 4) is 0 Å². The Balaban J connectivity index is 0.00000200. The van der Waals surface area contributed by atoms with E-state index in [9.17, 15) is 4.39 Å². The van der Waals surface area contributed by atoms with Gasteiger partial charge in [0.15, 0.2) is 0 Å². The molecule has 6 heteroatoms. The van der Waals surface area contributed by atoms with E-state index < -0.39 is 0 Å². The first-order valence-electron chi connectivity index (χ1n) is 6.97. The van der Waals surface area contributed by atoms with Crippen LogP contribution in [0.25, 0.3) is 0 Å². The van der Waals surface area contributed by atoms with E-state index in [0.717, 1.165) is 38.2 Å². The number of hydrogen-bond donors (Lipinski definition) is 1. The summed E-state index contributed by atoms with van der Waals surface area (Å²) in [5.74, 6) is 0.353. The topological polar surface area (TPSA) is 15.3 Å². The molecule has 2 rings (SSSR count). The molecule has 1 saturated heterocycles. The van der Waals surface area contributed by atoms with Gasteiger partial charge in [-0.3, -0.25) is 4.90 Å². The molecule has 1 N–H and O–H groups in total. The van der Waals surface area contributed by atoms with Crippen molar-refractivity contribution < 1.29 is 4.39 Å². The maximum absolute atomic E-state index is 14.2. The second kappa shape index (κ2) is 9.86. The molecular weight excluding hydrogens is 334 g/mol. The fraction of sp³-hybridized carbons (Fsp3) is 0.600. The van der Waals surface area contributed by atoms with Crippen LogP contribution in [-0.4, -0.2) is 31.1 Å². The molecule has 0 saturated carbocycles. The van der Waals surface area contributed by atoms with Crippen molar-refractivity contribution in [1.29, 1.82) is 0 Å². The summed E-state index contributed by atoms with van der Waals surface area (Å²) in [6.45, 7) is 8.26. The molecule has 0 aliphatic carbocycles. The molecule has 0 aromatic heterocycles. The highest BCUT2D eigenvalue weighted by Crippen LogP contribution is 2.31. The lowest BCUT2D eigenvalue weighted by Gasteiger charge is -2.36. The molecule has 1 aliphatic rings. The van der Waals surface area contributed by atoms with Crippen molar-refractivity contribution in [3.63, 3.8) is 0 Å². The highest BCUT2D eigenvalue weighted by Gasteiger charge is 2.25. The monoisotopic (exact) mass is 356 g/mol. The Labute approximate surface area is 144 Å². The highest BCUT2D eigenvalue weighted by molar-refractivity contribution is 6.30. The predicted molar refractivity (Wildman–Crippen MR) is 92.5 cm³/mol. The first kappa shape index (κ1) is 20.9. The van der Waals surface area contributed by atoms with Crippen molar-refractivity contribution >= 4 is 36.4 Å². The van der Waals surface area contributed by atoms with E-state index in [1.807, 2.05) is 6.07 Å². The first-order chi connectivity index (χ1) is 9.08. The normalized spacial score (nSPS) is 17.0. The minimum atomic E-state index is -0.184. The van der Waals surface area contributed by atoms with Crippen LogP contribution in [0.3, 0.4) is 0 Å². The first-order valence-corrected chi connectivity index (χ1v) is 7.35. The number of halogens is 4. The van der Waals surface area contributed by atoms with E-state index >= 15 is 0 Å². The number of piperazine rings is 1. The number of hydrogen-bond acceptors (Lipinski definition) is 2. The van der Waals surface area contributed by atoms with E-state index in [1.54, 1.807) is 6.07 Å². The lowest BCUT2D eigenvalue weighted by atomic mass is 9.94. The molecule has 0 radical (unpaired) electrons. The van der Waals surface area contributed by atoms with Gasteiger partial charge in [-0.25, -0.2) is 4.39 Å². The van der Waals surface area contributed by atoms with Gasteiger partial charge in [0.2, 0.25) is 0 Å². The highest BCUT2D eigenvalue weighted by atomic mass is 35.5. The smallest absolute Gasteiger partial charge is 0.129 e. The van der Waals surface area contributed by atoms with Gasteiger partial charge in [0, 0.05) is 42.8 Å². The molecular formula is C15H24Cl3FN2. The summed E-state index contributed by atoms with van der Waals surface area (Å²) in [6.07, 6.45) is 0.971. The van der Waals surface area contributed by atoms with Gasteiger partial charge in [-0.1, -0.05) is 31.5 Å². The fourth-order valence-corrected chi connectivity index (χ4v) is 2.84. The Morgan fingerprint density at radius 3 is 2.38 bits per heavy atom. The van der Waals surface area contributed by atoms with Gasteiger partial charge < -0.3 is 5.32 Å². The molecule has 0 bridgehead atoms. The molecule has 1 aliphatic heterocycles. The Morgan fingerprint density at radius 1 is 1.24 bits per heavy atom.